The van der Waals surface area contributed by atoms with E-state index >= 15 is 0 Å². The zero-order valence-corrected chi connectivity index (χ0v) is 10.7. The maximum absolute atomic E-state index is 12.1. The highest BCUT2D eigenvalue weighted by molar-refractivity contribution is 5.79. The molecule has 3 rings (SSSR count). The normalized spacial score (nSPS) is 28.5. The van der Waals surface area contributed by atoms with Gasteiger partial charge in [0.05, 0.1) is 18.8 Å². The van der Waals surface area contributed by atoms with Crippen LogP contribution < -0.4 is 0 Å². The number of carbonyl (C=O) groups excluding carboxylic acids is 1. The number of rotatable bonds is 4. The SMILES string of the molecule is C[C@H](c1ccccc1)N1CC(CC2CO2)CC1=O. The average molecular weight is 245 g/mol. The Morgan fingerprint density at radius 1 is 1.39 bits per heavy atom. The summed E-state index contributed by atoms with van der Waals surface area (Å²) >= 11 is 0. The van der Waals surface area contributed by atoms with Crippen molar-refractivity contribution in [1.29, 1.82) is 0 Å². The van der Waals surface area contributed by atoms with Crippen LogP contribution in [0.3, 0.4) is 0 Å². The zero-order chi connectivity index (χ0) is 12.5. The second-order valence-electron chi connectivity index (χ2n) is 5.39. The van der Waals surface area contributed by atoms with E-state index in [0.29, 0.717) is 18.4 Å². The minimum Gasteiger partial charge on any atom is -0.373 e. The van der Waals surface area contributed by atoms with E-state index in [1.807, 2.05) is 23.1 Å². The van der Waals surface area contributed by atoms with Crippen molar-refractivity contribution in [2.24, 2.45) is 5.92 Å². The third-order valence-electron chi connectivity index (χ3n) is 3.99. The number of carbonyl (C=O) groups is 1. The van der Waals surface area contributed by atoms with Crippen molar-refractivity contribution < 1.29 is 9.53 Å². The lowest BCUT2D eigenvalue weighted by atomic mass is 10.0. The van der Waals surface area contributed by atoms with Gasteiger partial charge in [0.15, 0.2) is 0 Å². The van der Waals surface area contributed by atoms with E-state index < -0.39 is 0 Å². The Kier molecular flexibility index (Phi) is 3.08. The van der Waals surface area contributed by atoms with E-state index in [1.54, 1.807) is 0 Å². The fourth-order valence-electron chi connectivity index (χ4n) is 2.83. The summed E-state index contributed by atoms with van der Waals surface area (Å²) in [5.41, 5.74) is 1.22. The number of benzene rings is 1. The van der Waals surface area contributed by atoms with Crippen molar-refractivity contribution >= 4 is 5.91 Å². The average Bonchev–Trinajstić information content (AvgIpc) is 3.12. The van der Waals surface area contributed by atoms with Gasteiger partial charge in [0.1, 0.15) is 0 Å². The van der Waals surface area contributed by atoms with Gasteiger partial charge in [0, 0.05) is 13.0 Å². The van der Waals surface area contributed by atoms with Crippen LogP contribution in [0.4, 0.5) is 0 Å². The summed E-state index contributed by atoms with van der Waals surface area (Å²) in [6.45, 7) is 3.89. The molecule has 0 spiro atoms. The molecule has 0 bridgehead atoms. The number of epoxide rings is 1. The molecule has 0 radical (unpaired) electrons. The van der Waals surface area contributed by atoms with Crippen LogP contribution in [0.15, 0.2) is 30.3 Å². The quantitative estimate of drug-likeness (QED) is 0.763. The molecule has 2 unspecified atom stereocenters. The minimum absolute atomic E-state index is 0.184. The Morgan fingerprint density at radius 2 is 2.11 bits per heavy atom. The van der Waals surface area contributed by atoms with Gasteiger partial charge in [-0.1, -0.05) is 30.3 Å². The predicted octanol–water partition coefficient (Wildman–Crippen LogP) is 2.39. The van der Waals surface area contributed by atoms with Gasteiger partial charge in [0.25, 0.3) is 0 Å². The molecule has 3 nitrogen and oxygen atoms in total. The standard InChI is InChI=1S/C15H19NO2/c1-11(13-5-3-2-4-6-13)16-9-12(8-15(16)17)7-14-10-18-14/h2-6,11-12,14H,7-10H2,1H3/t11-,12?,14?/m1/s1. The van der Waals surface area contributed by atoms with Crippen LogP contribution >= 0.6 is 0 Å². The molecule has 2 saturated heterocycles. The van der Waals surface area contributed by atoms with Gasteiger partial charge in [-0.25, -0.2) is 0 Å². The molecule has 0 aliphatic carbocycles. The molecule has 0 saturated carbocycles. The van der Waals surface area contributed by atoms with Crippen LogP contribution in [-0.4, -0.2) is 30.1 Å². The number of amides is 1. The largest absolute Gasteiger partial charge is 0.373 e. The van der Waals surface area contributed by atoms with Crippen LogP contribution in [0.25, 0.3) is 0 Å². The highest BCUT2D eigenvalue weighted by Crippen LogP contribution is 2.32. The summed E-state index contributed by atoms with van der Waals surface area (Å²) in [5, 5.41) is 0. The third kappa shape index (κ3) is 2.41. The molecule has 2 aliphatic heterocycles. The molecule has 2 aliphatic rings. The minimum atomic E-state index is 0.184. The Labute approximate surface area is 108 Å². The number of nitrogens with zero attached hydrogens (tertiary/aromatic N) is 1. The predicted molar refractivity (Wildman–Crippen MR) is 69.0 cm³/mol. The Morgan fingerprint density at radius 3 is 2.78 bits per heavy atom. The Balaban J connectivity index is 1.66. The smallest absolute Gasteiger partial charge is 0.223 e. The first kappa shape index (κ1) is 11.7. The first-order chi connectivity index (χ1) is 8.74. The van der Waals surface area contributed by atoms with Crippen molar-refractivity contribution in [3.05, 3.63) is 35.9 Å². The van der Waals surface area contributed by atoms with Crippen LogP contribution in [0.1, 0.15) is 31.4 Å². The Hall–Kier alpha value is -1.35. The number of ether oxygens (including phenoxy) is 1. The lowest BCUT2D eigenvalue weighted by Gasteiger charge is -2.25. The highest BCUT2D eigenvalue weighted by atomic mass is 16.6. The maximum Gasteiger partial charge on any atom is 0.223 e. The molecular formula is C15H19NO2. The number of likely N-dealkylation sites (tertiary alicyclic amines) is 1. The summed E-state index contributed by atoms with van der Waals surface area (Å²) in [5.74, 6) is 0.771. The fourth-order valence-corrected chi connectivity index (χ4v) is 2.83. The number of hydrogen-bond donors (Lipinski definition) is 0. The second-order valence-corrected chi connectivity index (χ2v) is 5.39. The summed E-state index contributed by atoms with van der Waals surface area (Å²) < 4.78 is 5.26. The third-order valence-corrected chi connectivity index (χ3v) is 3.99. The van der Waals surface area contributed by atoms with Gasteiger partial charge in [-0.05, 0) is 24.8 Å². The summed E-state index contributed by atoms with van der Waals surface area (Å²) in [6, 6.07) is 10.4. The van der Waals surface area contributed by atoms with Gasteiger partial charge >= 0.3 is 0 Å². The monoisotopic (exact) mass is 245 g/mol. The van der Waals surface area contributed by atoms with Crippen molar-refractivity contribution in [1.82, 2.24) is 4.90 Å². The maximum atomic E-state index is 12.1. The topological polar surface area (TPSA) is 32.8 Å². The van der Waals surface area contributed by atoms with Crippen LogP contribution in [0.5, 0.6) is 0 Å². The van der Waals surface area contributed by atoms with Crippen LogP contribution in [0.2, 0.25) is 0 Å². The van der Waals surface area contributed by atoms with Gasteiger partial charge in [-0.2, -0.15) is 0 Å². The number of hydrogen-bond acceptors (Lipinski definition) is 2. The molecule has 1 amide bonds. The molecular weight excluding hydrogens is 226 g/mol. The molecule has 3 atom stereocenters. The Bertz CT molecular complexity index is 427. The van der Waals surface area contributed by atoms with Crippen molar-refractivity contribution in [3.8, 4) is 0 Å². The molecule has 2 heterocycles. The van der Waals surface area contributed by atoms with Crippen molar-refractivity contribution in [2.45, 2.75) is 31.9 Å². The fraction of sp³-hybridized carbons (Fsp3) is 0.533. The van der Waals surface area contributed by atoms with Gasteiger partial charge in [0.2, 0.25) is 5.91 Å². The van der Waals surface area contributed by atoms with E-state index in [-0.39, 0.29) is 11.9 Å². The van der Waals surface area contributed by atoms with E-state index in [0.717, 1.165) is 19.6 Å². The molecule has 0 N–H and O–H groups in total. The second kappa shape index (κ2) is 4.73. The summed E-state index contributed by atoms with van der Waals surface area (Å²) in [6.07, 6.45) is 2.16. The molecule has 96 valence electrons. The lowest BCUT2D eigenvalue weighted by molar-refractivity contribution is -0.129. The molecule has 3 heteroatoms. The van der Waals surface area contributed by atoms with Gasteiger partial charge in [-0.15, -0.1) is 0 Å². The van der Waals surface area contributed by atoms with Gasteiger partial charge in [-0.3, -0.25) is 4.79 Å². The van der Waals surface area contributed by atoms with E-state index in [1.165, 1.54) is 5.56 Å². The van der Waals surface area contributed by atoms with Crippen molar-refractivity contribution in [2.75, 3.05) is 13.2 Å². The van der Waals surface area contributed by atoms with Crippen LogP contribution in [-0.2, 0) is 9.53 Å². The first-order valence-electron chi connectivity index (χ1n) is 6.70. The summed E-state index contributed by atoms with van der Waals surface area (Å²) in [4.78, 5) is 14.1. The van der Waals surface area contributed by atoms with E-state index in [2.05, 4.69) is 19.1 Å². The molecule has 2 fully saturated rings. The molecule has 1 aromatic carbocycles. The van der Waals surface area contributed by atoms with E-state index in [9.17, 15) is 4.79 Å². The lowest BCUT2D eigenvalue weighted by Crippen LogP contribution is -2.28. The summed E-state index contributed by atoms with van der Waals surface area (Å²) in [7, 11) is 0. The first-order valence-corrected chi connectivity index (χ1v) is 6.70. The van der Waals surface area contributed by atoms with E-state index in [4.69, 9.17) is 4.74 Å². The molecule has 0 aromatic heterocycles. The molecule has 1 aromatic rings. The zero-order valence-electron chi connectivity index (χ0n) is 10.7. The van der Waals surface area contributed by atoms with Crippen LogP contribution in [0, 0.1) is 5.92 Å². The molecule has 18 heavy (non-hydrogen) atoms. The van der Waals surface area contributed by atoms with Crippen molar-refractivity contribution in [3.63, 3.8) is 0 Å². The van der Waals surface area contributed by atoms with Gasteiger partial charge < -0.3 is 9.64 Å². The highest BCUT2D eigenvalue weighted by Gasteiger charge is 2.36.